The summed E-state index contributed by atoms with van der Waals surface area (Å²) in [6.45, 7) is 2.78. The minimum Gasteiger partial charge on any atom is -0.382 e. The molecule has 0 spiro atoms. The van der Waals surface area contributed by atoms with Crippen LogP contribution in [0.25, 0.3) is 10.9 Å². The van der Waals surface area contributed by atoms with Crippen molar-refractivity contribution >= 4 is 39.8 Å². The van der Waals surface area contributed by atoms with Gasteiger partial charge in [-0.1, -0.05) is 31.5 Å². The van der Waals surface area contributed by atoms with Crippen molar-refractivity contribution in [3.05, 3.63) is 30.3 Å². The molecule has 1 aromatic heterocycles. The molecule has 0 bridgehead atoms. The average Bonchev–Trinajstić information content (AvgIpc) is 2.62. The molecule has 0 radical (unpaired) electrons. The summed E-state index contributed by atoms with van der Waals surface area (Å²) in [7, 11) is 1.89. The number of aromatic nitrogens is 1. The molecule has 136 valence electrons. The van der Waals surface area contributed by atoms with Crippen LogP contribution >= 0.6 is 11.6 Å². The molecule has 1 aromatic carbocycles. The van der Waals surface area contributed by atoms with Gasteiger partial charge in [0.05, 0.1) is 12.1 Å². The molecule has 0 aliphatic heterocycles. The van der Waals surface area contributed by atoms with E-state index in [1.807, 2.05) is 37.4 Å². The third kappa shape index (κ3) is 5.87. The van der Waals surface area contributed by atoms with Crippen molar-refractivity contribution in [2.45, 2.75) is 39.0 Å². The van der Waals surface area contributed by atoms with Crippen molar-refractivity contribution in [1.82, 2.24) is 10.0 Å². The number of hydroxylamine groups is 2. The highest BCUT2D eigenvalue weighted by atomic mass is 35.5. The van der Waals surface area contributed by atoms with Crippen LogP contribution in [0.2, 0.25) is 0 Å². The Labute approximate surface area is 154 Å². The van der Waals surface area contributed by atoms with Gasteiger partial charge in [-0.25, -0.2) is 15.0 Å². The lowest BCUT2D eigenvalue weighted by Gasteiger charge is -2.21. The minimum absolute atomic E-state index is 0.434. The van der Waals surface area contributed by atoms with E-state index >= 15 is 0 Å². The van der Waals surface area contributed by atoms with E-state index in [0.29, 0.717) is 24.0 Å². The first-order valence-electron chi connectivity index (χ1n) is 8.81. The molecule has 0 fully saturated rings. The van der Waals surface area contributed by atoms with Gasteiger partial charge in [0.2, 0.25) is 0 Å². The van der Waals surface area contributed by atoms with E-state index in [0.717, 1.165) is 48.8 Å². The summed E-state index contributed by atoms with van der Waals surface area (Å²) in [4.78, 5) is 15.0. The van der Waals surface area contributed by atoms with Gasteiger partial charge in [-0.3, -0.25) is 4.84 Å². The zero-order valence-electron chi connectivity index (χ0n) is 15.0. The predicted octanol–water partition coefficient (Wildman–Crippen LogP) is 4.92. The second-order valence-corrected chi connectivity index (χ2v) is 6.32. The van der Waals surface area contributed by atoms with Gasteiger partial charge in [0, 0.05) is 24.7 Å². The Bertz CT molecular complexity index is 705. The molecule has 6 heteroatoms. The van der Waals surface area contributed by atoms with Crippen LogP contribution in [0, 0.1) is 0 Å². The van der Waals surface area contributed by atoms with Crippen molar-refractivity contribution in [2.24, 2.45) is 4.99 Å². The lowest BCUT2D eigenvalue weighted by molar-refractivity contribution is -0.0821. The molecule has 5 nitrogen and oxygen atoms in total. The Morgan fingerprint density at radius 2 is 2.08 bits per heavy atom. The number of benzene rings is 1. The number of unbranched alkanes of at least 4 members (excludes halogenated alkanes) is 2. The number of hydrogen-bond acceptors (Lipinski definition) is 4. The Balaban J connectivity index is 2.22. The van der Waals surface area contributed by atoms with Gasteiger partial charge < -0.3 is 5.73 Å². The van der Waals surface area contributed by atoms with E-state index < -0.39 is 0 Å². The minimum atomic E-state index is 0.434. The number of pyridine rings is 1. The van der Waals surface area contributed by atoms with Gasteiger partial charge in [-0.15, -0.1) is 11.6 Å². The molecule has 0 amide bonds. The summed E-state index contributed by atoms with van der Waals surface area (Å²) in [6, 6.07) is 9.87. The Morgan fingerprint density at radius 1 is 1.28 bits per heavy atom. The summed E-state index contributed by atoms with van der Waals surface area (Å²) in [5.41, 5.74) is 7.67. The SMILES string of the molecule is CCCCC(=Nc1cc2ccccc2nc1N)N(C)OCCCCCl. The number of nitrogens with two attached hydrogens (primary N) is 1. The smallest absolute Gasteiger partial charge is 0.150 e. The second-order valence-electron chi connectivity index (χ2n) is 5.94. The van der Waals surface area contributed by atoms with Crippen molar-refractivity contribution in [2.75, 3.05) is 25.3 Å². The highest BCUT2D eigenvalue weighted by molar-refractivity contribution is 6.17. The molecule has 0 aliphatic carbocycles. The van der Waals surface area contributed by atoms with Crippen molar-refractivity contribution < 1.29 is 4.84 Å². The van der Waals surface area contributed by atoms with E-state index in [1.54, 1.807) is 5.06 Å². The van der Waals surface area contributed by atoms with Gasteiger partial charge in [0.1, 0.15) is 17.3 Å². The van der Waals surface area contributed by atoms with Crippen LogP contribution < -0.4 is 5.73 Å². The molecule has 2 N–H and O–H groups in total. The quantitative estimate of drug-likeness (QED) is 0.226. The molecule has 0 saturated carbocycles. The van der Waals surface area contributed by atoms with E-state index in [2.05, 4.69) is 11.9 Å². The number of fused-ring (bicyclic) bond motifs is 1. The third-order valence-electron chi connectivity index (χ3n) is 3.91. The molecule has 0 atom stereocenters. The van der Waals surface area contributed by atoms with Crippen LogP contribution in [-0.2, 0) is 4.84 Å². The number of rotatable bonds is 9. The van der Waals surface area contributed by atoms with Crippen LogP contribution in [0.5, 0.6) is 0 Å². The van der Waals surface area contributed by atoms with Crippen molar-refractivity contribution in [3.63, 3.8) is 0 Å². The monoisotopic (exact) mass is 362 g/mol. The maximum atomic E-state index is 6.11. The van der Waals surface area contributed by atoms with Crippen molar-refractivity contribution in [1.29, 1.82) is 0 Å². The fraction of sp³-hybridized carbons (Fsp3) is 0.474. The number of halogens is 1. The number of alkyl halides is 1. The molecular weight excluding hydrogens is 336 g/mol. The number of anilines is 1. The number of para-hydroxylation sites is 1. The first kappa shape index (κ1) is 19.5. The normalized spacial score (nSPS) is 11.9. The maximum absolute atomic E-state index is 6.11. The zero-order valence-corrected chi connectivity index (χ0v) is 15.8. The topological polar surface area (TPSA) is 63.7 Å². The average molecular weight is 363 g/mol. The fourth-order valence-corrected chi connectivity index (χ4v) is 2.63. The lowest BCUT2D eigenvalue weighted by Crippen LogP contribution is -2.27. The number of nitrogen functional groups attached to an aromatic ring is 1. The summed E-state index contributed by atoms with van der Waals surface area (Å²) >= 11 is 5.71. The molecular formula is C19H27ClN4O. The fourth-order valence-electron chi connectivity index (χ4n) is 2.44. The van der Waals surface area contributed by atoms with Gasteiger partial charge in [-0.2, -0.15) is 0 Å². The van der Waals surface area contributed by atoms with Crippen molar-refractivity contribution in [3.8, 4) is 0 Å². The lowest BCUT2D eigenvalue weighted by atomic mass is 10.2. The number of amidine groups is 1. The summed E-state index contributed by atoms with van der Waals surface area (Å²) in [5.74, 6) is 1.95. The molecule has 0 aliphatic rings. The third-order valence-corrected chi connectivity index (χ3v) is 4.18. The number of nitrogens with zero attached hydrogens (tertiary/aromatic N) is 3. The highest BCUT2D eigenvalue weighted by Crippen LogP contribution is 2.26. The number of aliphatic imine (C=N–C) groups is 1. The Hall–Kier alpha value is -1.85. The molecule has 2 aromatic rings. The summed E-state index contributed by atoms with van der Waals surface area (Å²) < 4.78 is 0. The summed E-state index contributed by atoms with van der Waals surface area (Å²) in [6.07, 6.45) is 4.82. The van der Waals surface area contributed by atoms with Crippen LogP contribution in [0.3, 0.4) is 0 Å². The molecule has 0 unspecified atom stereocenters. The van der Waals surface area contributed by atoms with Gasteiger partial charge in [-0.05, 0) is 31.4 Å². The summed E-state index contributed by atoms with van der Waals surface area (Å²) in [5, 5.41) is 2.77. The first-order chi connectivity index (χ1) is 12.2. The van der Waals surface area contributed by atoms with Crippen LogP contribution in [0.4, 0.5) is 11.5 Å². The molecule has 2 rings (SSSR count). The van der Waals surface area contributed by atoms with Gasteiger partial charge in [0.25, 0.3) is 0 Å². The predicted molar refractivity (Wildman–Crippen MR) is 106 cm³/mol. The standard InChI is InChI=1S/C19H27ClN4O/c1-3-4-11-18(24(2)25-13-8-7-12-20)22-17-14-15-9-5-6-10-16(15)23-19(17)21/h5-6,9-10,14H,3-4,7-8,11-13H2,1-2H3,(H2,21,23). The highest BCUT2D eigenvalue weighted by Gasteiger charge is 2.10. The largest absolute Gasteiger partial charge is 0.382 e. The molecule has 0 saturated heterocycles. The zero-order chi connectivity index (χ0) is 18.1. The second kappa shape index (κ2) is 10.2. The van der Waals surface area contributed by atoms with Crippen LogP contribution in [0.15, 0.2) is 35.3 Å². The van der Waals surface area contributed by atoms with E-state index in [-0.39, 0.29) is 0 Å². The molecule has 25 heavy (non-hydrogen) atoms. The van der Waals surface area contributed by atoms with Gasteiger partial charge >= 0.3 is 0 Å². The Morgan fingerprint density at radius 3 is 2.84 bits per heavy atom. The first-order valence-corrected chi connectivity index (χ1v) is 9.34. The van der Waals surface area contributed by atoms with E-state index in [4.69, 9.17) is 27.2 Å². The van der Waals surface area contributed by atoms with E-state index in [1.165, 1.54) is 0 Å². The Kier molecular flexibility index (Phi) is 7.95. The van der Waals surface area contributed by atoms with Crippen LogP contribution in [0.1, 0.15) is 39.0 Å². The van der Waals surface area contributed by atoms with Gasteiger partial charge in [0.15, 0.2) is 0 Å². The molecule has 1 heterocycles. The number of hydrogen-bond donors (Lipinski definition) is 1. The van der Waals surface area contributed by atoms with Crippen LogP contribution in [-0.4, -0.2) is 35.4 Å². The maximum Gasteiger partial charge on any atom is 0.150 e. The van der Waals surface area contributed by atoms with E-state index in [9.17, 15) is 0 Å².